The van der Waals surface area contributed by atoms with Crippen LogP contribution < -0.4 is 20.5 Å². The summed E-state index contributed by atoms with van der Waals surface area (Å²) in [5.74, 6) is 1.08. The quantitative estimate of drug-likeness (QED) is 0.810. The number of amides is 1. The molecular formula is C16H21N3O3S. The number of carbonyl (C=O) groups excluding carboxylic acids is 1. The number of nitrogens with zero attached hydrogens (tertiary/aromatic N) is 1. The van der Waals surface area contributed by atoms with Gasteiger partial charge in [0.1, 0.15) is 5.69 Å². The van der Waals surface area contributed by atoms with Gasteiger partial charge in [-0.05, 0) is 31.2 Å². The third kappa shape index (κ3) is 4.20. The minimum absolute atomic E-state index is 0.179. The maximum absolute atomic E-state index is 12.3. The first kappa shape index (κ1) is 17.2. The highest BCUT2D eigenvalue weighted by atomic mass is 32.1. The van der Waals surface area contributed by atoms with Crippen LogP contribution >= 0.6 is 11.3 Å². The summed E-state index contributed by atoms with van der Waals surface area (Å²) in [5.41, 5.74) is 6.84. The second-order valence-electron chi connectivity index (χ2n) is 4.97. The Morgan fingerprint density at radius 1 is 1.35 bits per heavy atom. The number of nitrogens with two attached hydrogens (primary N) is 1. The Balaban J connectivity index is 2.08. The highest BCUT2D eigenvalue weighted by molar-refractivity contribution is 7.09. The van der Waals surface area contributed by atoms with Gasteiger partial charge in [-0.2, -0.15) is 0 Å². The Morgan fingerprint density at radius 3 is 2.74 bits per heavy atom. The highest BCUT2D eigenvalue weighted by Gasteiger charge is 2.16. The zero-order valence-corrected chi connectivity index (χ0v) is 14.3. The van der Waals surface area contributed by atoms with Crippen molar-refractivity contribution >= 4 is 17.2 Å². The lowest BCUT2D eigenvalue weighted by molar-refractivity contribution is 0.0935. The normalized spacial score (nSPS) is 11.8. The summed E-state index contributed by atoms with van der Waals surface area (Å²) in [4.78, 5) is 16.6. The number of carbonyl (C=O) groups is 1. The molecule has 0 saturated carbocycles. The Labute approximate surface area is 139 Å². The smallest absolute Gasteiger partial charge is 0.271 e. The lowest BCUT2D eigenvalue weighted by Crippen LogP contribution is -2.27. The van der Waals surface area contributed by atoms with Gasteiger partial charge in [-0.1, -0.05) is 6.07 Å². The number of nitrogens with one attached hydrogen (secondary N) is 1. The average Bonchev–Trinajstić information content (AvgIpc) is 3.03. The lowest BCUT2D eigenvalue weighted by atomic mass is 10.1. The van der Waals surface area contributed by atoms with Gasteiger partial charge in [-0.15, -0.1) is 11.3 Å². The second kappa shape index (κ2) is 7.94. The Bertz CT molecular complexity index is 672. The summed E-state index contributed by atoms with van der Waals surface area (Å²) < 4.78 is 10.5. The molecule has 6 nitrogen and oxygen atoms in total. The number of rotatable bonds is 7. The van der Waals surface area contributed by atoms with Crippen LogP contribution in [0.25, 0.3) is 0 Å². The van der Waals surface area contributed by atoms with Crippen molar-refractivity contribution in [3.63, 3.8) is 0 Å². The molecule has 0 bridgehead atoms. The monoisotopic (exact) mass is 335 g/mol. The molecule has 1 amide bonds. The van der Waals surface area contributed by atoms with Crippen molar-refractivity contribution in [1.82, 2.24) is 10.3 Å². The second-order valence-corrected chi connectivity index (χ2v) is 5.92. The van der Waals surface area contributed by atoms with Crippen molar-refractivity contribution in [2.45, 2.75) is 19.4 Å². The molecule has 0 aliphatic rings. The van der Waals surface area contributed by atoms with Crippen LogP contribution in [-0.4, -0.2) is 31.7 Å². The molecule has 23 heavy (non-hydrogen) atoms. The number of ether oxygens (including phenoxy) is 2. The van der Waals surface area contributed by atoms with E-state index in [1.165, 1.54) is 11.3 Å². The van der Waals surface area contributed by atoms with Crippen molar-refractivity contribution in [2.75, 3.05) is 20.8 Å². The molecule has 1 aromatic heterocycles. The van der Waals surface area contributed by atoms with E-state index >= 15 is 0 Å². The van der Waals surface area contributed by atoms with Crippen molar-refractivity contribution in [2.24, 2.45) is 5.73 Å². The van der Waals surface area contributed by atoms with E-state index in [1.54, 1.807) is 19.6 Å². The van der Waals surface area contributed by atoms with E-state index in [0.29, 0.717) is 30.2 Å². The third-order valence-corrected chi connectivity index (χ3v) is 4.31. The fourth-order valence-electron chi connectivity index (χ4n) is 2.13. The predicted molar refractivity (Wildman–Crippen MR) is 90.3 cm³/mol. The molecule has 0 spiro atoms. The molecular weight excluding hydrogens is 314 g/mol. The summed E-state index contributed by atoms with van der Waals surface area (Å²) in [7, 11) is 3.17. The van der Waals surface area contributed by atoms with E-state index in [0.717, 1.165) is 10.6 Å². The first-order chi connectivity index (χ1) is 11.1. The zero-order valence-electron chi connectivity index (χ0n) is 13.5. The molecule has 124 valence electrons. The molecule has 2 rings (SSSR count). The van der Waals surface area contributed by atoms with Crippen molar-refractivity contribution in [1.29, 1.82) is 0 Å². The van der Waals surface area contributed by atoms with Crippen LogP contribution in [0, 0.1) is 0 Å². The lowest BCUT2D eigenvalue weighted by Gasteiger charge is -2.16. The molecule has 0 fully saturated rings. The van der Waals surface area contributed by atoms with Crippen LogP contribution in [0.4, 0.5) is 0 Å². The molecule has 2 aromatic rings. The molecule has 1 aromatic carbocycles. The number of benzene rings is 1. The van der Waals surface area contributed by atoms with Gasteiger partial charge in [0.15, 0.2) is 11.5 Å². The van der Waals surface area contributed by atoms with Crippen LogP contribution in [0.2, 0.25) is 0 Å². The van der Waals surface area contributed by atoms with Gasteiger partial charge in [0.2, 0.25) is 0 Å². The van der Waals surface area contributed by atoms with E-state index < -0.39 is 0 Å². The minimum Gasteiger partial charge on any atom is -0.493 e. The first-order valence-electron chi connectivity index (χ1n) is 7.26. The van der Waals surface area contributed by atoms with Gasteiger partial charge in [0, 0.05) is 11.8 Å². The van der Waals surface area contributed by atoms with E-state index in [4.69, 9.17) is 15.2 Å². The topological polar surface area (TPSA) is 86.5 Å². The van der Waals surface area contributed by atoms with Crippen molar-refractivity contribution < 1.29 is 14.3 Å². The minimum atomic E-state index is -0.202. The van der Waals surface area contributed by atoms with Gasteiger partial charge in [0.05, 0.1) is 25.3 Å². The fraction of sp³-hybridized carbons (Fsp3) is 0.375. The van der Waals surface area contributed by atoms with Gasteiger partial charge in [-0.25, -0.2) is 4.98 Å². The third-order valence-electron chi connectivity index (χ3n) is 3.40. The number of hydrogen-bond acceptors (Lipinski definition) is 6. The van der Waals surface area contributed by atoms with E-state index in [9.17, 15) is 4.79 Å². The molecule has 1 unspecified atom stereocenters. The number of methoxy groups -OCH3 is 2. The predicted octanol–water partition coefficient (Wildman–Crippen LogP) is 2.15. The van der Waals surface area contributed by atoms with Gasteiger partial charge in [0.25, 0.3) is 5.91 Å². The summed E-state index contributed by atoms with van der Waals surface area (Å²) >= 11 is 1.45. The standard InChI is InChI=1S/C16H21N3O3S/c1-10(11-4-5-13(21-2)14(8-11)22-3)18-16(20)12-9-23-15(19-12)6-7-17/h4-5,8-10H,6-7,17H2,1-3H3,(H,18,20). The molecule has 3 N–H and O–H groups in total. The van der Waals surface area contributed by atoms with E-state index in [2.05, 4.69) is 10.3 Å². The van der Waals surface area contributed by atoms with Crippen molar-refractivity contribution in [3.8, 4) is 11.5 Å². The SMILES string of the molecule is COc1ccc(C(C)NC(=O)c2csc(CCN)n2)cc1OC. The maximum atomic E-state index is 12.3. The van der Waals surface area contributed by atoms with Gasteiger partial charge in [-0.3, -0.25) is 4.79 Å². The summed E-state index contributed by atoms with van der Waals surface area (Å²) in [6, 6.07) is 5.39. The Kier molecular flexibility index (Phi) is 5.95. The summed E-state index contributed by atoms with van der Waals surface area (Å²) in [6.07, 6.45) is 0.684. The highest BCUT2D eigenvalue weighted by Crippen LogP contribution is 2.29. The largest absolute Gasteiger partial charge is 0.493 e. The fourth-order valence-corrected chi connectivity index (χ4v) is 2.92. The Morgan fingerprint density at radius 2 is 2.09 bits per heavy atom. The van der Waals surface area contributed by atoms with Crippen LogP contribution in [-0.2, 0) is 6.42 Å². The molecule has 0 aliphatic heterocycles. The number of aromatic nitrogens is 1. The van der Waals surface area contributed by atoms with Gasteiger partial charge < -0.3 is 20.5 Å². The first-order valence-corrected chi connectivity index (χ1v) is 8.14. The Hall–Kier alpha value is -2.12. The molecule has 7 heteroatoms. The van der Waals surface area contributed by atoms with Crippen LogP contribution in [0.15, 0.2) is 23.6 Å². The summed E-state index contributed by atoms with van der Waals surface area (Å²) in [5, 5.41) is 5.56. The number of hydrogen-bond donors (Lipinski definition) is 2. The van der Waals surface area contributed by atoms with Gasteiger partial charge >= 0.3 is 0 Å². The van der Waals surface area contributed by atoms with Crippen LogP contribution in [0.3, 0.4) is 0 Å². The van der Waals surface area contributed by atoms with Crippen LogP contribution in [0.5, 0.6) is 11.5 Å². The maximum Gasteiger partial charge on any atom is 0.271 e. The van der Waals surface area contributed by atoms with Crippen LogP contribution in [0.1, 0.15) is 34.0 Å². The molecule has 1 atom stereocenters. The molecule has 0 saturated heterocycles. The van der Waals surface area contributed by atoms with E-state index in [1.807, 2.05) is 25.1 Å². The molecule has 0 radical (unpaired) electrons. The van der Waals surface area contributed by atoms with E-state index in [-0.39, 0.29) is 11.9 Å². The average molecular weight is 335 g/mol. The molecule has 0 aliphatic carbocycles. The summed E-state index contributed by atoms with van der Waals surface area (Å²) in [6.45, 7) is 2.43. The van der Waals surface area contributed by atoms with Crippen molar-refractivity contribution in [3.05, 3.63) is 39.8 Å². The number of thiazole rings is 1. The zero-order chi connectivity index (χ0) is 16.8. The molecule has 1 heterocycles.